The molecule has 92 valence electrons. The predicted molar refractivity (Wildman–Crippen MR) is 69.3 cm³/mol. The molecule has 0 saturated carbocycles. The van der Waals surface area contributed by atoms with Gasteiger partial charge in [-0.05, 0) is 30.5 Å². The normalized spacial score (nSPS) is 12.0. The van der Waals surface area contributed by atoms with Gasteiger partial charge in [0.2, 0.25) is 0 Å². The van der Waals surface area contributed by atoms with Crippen LogP contribution >= 0.6 is 12.2 Å². The van der Waals surface area contributed by atoms with Gasteiger partial charge in [0.15, 0.2) is 4.77 Å². The zero-order valence-corrected chi connectivity index (χ0v) is 11.5. The molecule has 0 atom stereocenters. The Morgan fingerprint density at radius 1 is 1.50 bits per heavy atom. The highest BCUT2D eigenvalue weighted by molar-refractivity contribution is 7.71. The molecular weight excluding hydrogens is 220 g/mol. The van der Waals surface area contributed by atoms with Gasteiger partial charge in [0, 0.05) is 32.2 Å². The van der Waals surface area contributed by atoms with Crippen LogP contribution < -0.4 is 0 Å². The highest BCUT2D eigenvalue weighted by atomic mass is 32.1. The number of H-pyrrole nitrogens is 1. The molecule has 0 bridgehead atoms. The summed E-state index contributed by atoms with van der Waals surface area (Å²) < 4.78 is 8.16. The van der Waals surface area contributed by atoms with Crippen molar-refractivity contribution in [3.63, 3.8) is 0 Å². The van der Waals surface area contributed by atoms with E-state index in [0.717, 1.165) is 30.8 Å². The maximum absolute atomic E-state index is 5.30. The molecule has 0 amide bonds. The second-order valence-corrected chi connectivity index (χ2v) is 5.32. The third-order valence-electron chi connectivity index (χ3n) is 2.89. The number of hydrogen-bond acceptors (Lipinski definition) is 2. The first-order chi connectivity index (χ1) is 7.50. The van der Waals surface area contributed by atoms with Gasteiger partial charge >= 0.3 is 0 Å². The van der Waals surface area contributed by atoms with Crippen molar-refractivity contribution in [2.24, 2.45) is 5.41 Å². The molecule has 1 aromatic heterocycles. The first-order valence-corrected chi connectivity index (χ1v) is 6.17. The molecule has 0 radical (unpaired) electrons. The van der Waals surface area contributed by atoms with Gasteiger partial charge in [0.1, 0.15) is 0 Å². The van der Waals surface area contributed by atoms with Crippen molar-refractivity contribution in [2.75, 3.05) is 13.7 Å². The number of imidazole rings is 1. The van der Waals surface area contributed by atoms with E-state index in [1.807, 2.05) is 6.20 Å². The largest absolute Gasteiger partial charge is 0.385 e. The van der Waals surface area contributed by atoms with Crippen molar-refractivity contribution < 1.29 is 4.74 Å². The first-order valence-electron chi connectivity index (χ1n) is 5.76. The molecule has 1 N–H and O–H groups in total. The van der Waals surface area contributed by atoms with Gasteiger partial charge in [-0.2, -0.15) is 0 Å². The minimum atomic E-state index is 0.209. The Morgan fingerprint density at radius 3 is 2.75 bits per heavy atom. The minimum absolute atomic E-state index is 0.209. The second-order valence-electron chi connectivity index (χ2n) is 4.93. The van der Waals surface area contributed by atoms with Crippen LogP contribution in [0.2, 0.25) is 0 Å². The van der Waals surface area contributed by atoms with Crippen LogP contribution in [0.3, 0.4) is 0 Å². The lowest BCUT2D eigenvalue weighted by Gasteiger charge is -2.25. The van der Waals surface area contributed by atoms with Crippen molar-refractivity contribution in [3.8, 4) is 0 Å². The van der Waals surface area contributed by atoms with Crippen LogP contribution in [0, 0.1) is 10.2 Å². The molecule has 3 nitrogen and oxygen atoms in total. The van der Waals surface area contributed by atoms with Gasteiger partial charge in [-0.3, -0.25) is 0 Å². The van der Waals surface area contributed by atoms with E-state index in [2.05, 4.69) is 30.3 Å². The molecule has 0 unspecified atom stereocenters. The smallest absolute Gasteiger partial charge is 0.177 e. The summed E-state index contributed by atoms with van der Waals surface area (Å²) in [4.78, 5) is 3.11. The molecule has 0 aromatic carbocycles. The summed E-state index contributed by atoms with van der Waals surface area (Å²) in [5.74, 6) is 0. The molecule has 0 saturated heterocycles. The molecule has 1 aromatic rings. The lowest BCUT2D eigenvalue weighted by molar-refractivity contribution is 0.142. The molecule has 0 aliphatic rings. The lowest BCUT2D eigenvalue weighted by atomic mass is 9.89. The number of hydrogen-bond donors (Lipinski definition) is 1. The summed E-state index contributed by atoms with van der Waals surface area (Å²) in [6.45, 7) is 8.39. The van der Waals surface area contributed by atoms with Crippen molar-refractivity contribution in [1.82, 2.24) is 9.55 Å². The van der Waals surface area contributed by atoms with Crippen LogP contribution in [0.1, 0.15) is 32.9 Å². The predicted octanol–water partition coefficient (Wildman–Crippen LogP) is 3.17. The Kier molecular flexibility index (Phi) is 4.74. The van der Waals surface area contributed by atoms with Gasteiger partial charge in [-0.25, -0.2) is 0 Å². The Hall–Kier alpha value is -0.610. The van der Waals surface area contributed by atoms with E-state index in [1.54, 1.807) is 7.11 Å². The summed E-state index contributed by atoms with van der Waals surface area (Å²) in [5.41, 5.74) is 1.48. The van der Waals surface area contributed by atoms with Gasteiger partial charge in [0.05, 0.1) is 0 Å². The van der Waals surface area contributed by atoms with E-state index in [4.69, 9.17) is 17.0 Å². The Morgan fingerprint density at radius 2 is 2.19 bits per heavy atom. The molecular formula is C12H22N2OS. The molecule has 16 heavy (non-hydrogen) atoms. The van der Waals surface area contributed by atoms with Crippen LogP contribution in [0.5, 0.6) is 0 Å². The van der Waals surface area contributed by atoms with Crippen molar-refractivity contribution >= 4 is 12.2 Å². The van der Waals surface area contributed by atoms with E-state index in [0.29, 0.717) is 0 Å². The van der Waals surface area contributed by atoms with Crippen LogP contribution in [-0.4, -0.2) is 23.3 Å². The topological polar surface area (TPSA) is 29.9 Å². The number of methoxy groups -OCH3 is 1. The number of rotatable bonds is 6. The Balaban J connectivity index is 2.78. The van der Waals surface area contributed by atoms with Gasteiger partial charge in [-0.1, -0.05) is 20.8 Å². The number of aromatic amines is 1. The zero-order valence-electron chi connectivity index (χ0n) is 10.7. The average molecular weight is 242 g/mol. The zero-order chi connectivity index (χ0) is 12.2. The third kappa shape index (κ3) is 3.46. The Labute approximate surface area is 103 Å². The van der Waals surface area contributed by atoms with E-state index < -0.39 is 0 Å². The maximum atomic E-state index is 5.30. The lowest BCUT2D eigenvalue weighted by Crippen LogP contribution is -2.22. The minimum Gasteiger partial charge on any atom is -0.385 e. The van der Waals surface area contributed by atoms with Gasteiger partial charge in [0.25, 0.3) is 0 Å². The fraction of sp³-hybridized carbons (Fsp3) is 0.750. The van der Waals surface area contributed by atoms with Crippen LogP contribution in [0.25, 0.3) is 0 Å². The van der Waals surface area contributed by atoms with Crippen molar-refractivity contribution in [3.05, 3.63) is 16.7 Å². The van der Waals surface area contributed by atoms with Crippen LogP contribution in [0.15, 0.2) is 6.20 Å². The molecule has 0 spiro atoms. The van der Waals surface area contributed by atoms with Crippen LogP contribution in [0.4, 0.5) is 0 Å². The monoisotopic (exact) mass is 242 g/mol. The Bertz CT molecular complexity index is 379. The summed E-state index contributed by atoms with van der Waals surface area (Å²) in [5, 5.41) is 0. The van der Waals surface area contributed by atoms with Gasteiger partial charge in [-0.15, -0.1) is 0 Å². The highest BCUT2D eigenvalue weighted by Gasteiger charge is 2.19. The maximum Gasteiger partial charge on any atom is 0.177 e. The molecule has 4 heteroatoms. The number of aryl methyl sites for hydroxylation is 1. The van der Waals surface area contributed by atoms with E-state index in [-0.39, 0.29) is 5.41 Å². The number of ether oxygens (including phenoxy) is 1. The number of nitrogens with zero attached hydrogens (tertiary/aromatic N) is 1. The summed E-state index contributed by atoms with van der Waals surface area (Å²) in [6, 6.07) is 0. The molecule has 0 aliphatic heterocycles. The van der Waals surface area contributed by atoms with Crippen LogP contribution in [-0.2, 0) is 17.7 Å². The first kappa shape index (κ1) is 13.5. The average Bonchev–Trinajstić information content (AvgIpc) is 2.57. The molecule has 1 heterocycles. The van der Waals surface area contributed by atoms with E-state index in [9.17, 15) is 0 Å². The number of aromatic nitrogens is 2. The quantitative estimate of drug-likeness (QED) is 0.777. The van der Waals surface area contributed by atoms with Crippen molar-refractivity contribution in [2.45, 2.75) is 40.2 Å². The standard InChI is InChI=1S/C12H22N2OS/c1-5-10-8-13-11(16)14(10)9-12(2,3)6-7-15-4/h8H,5-7,9H2,1-4H3,(H,13,16). The molecule has 1 rings (SSSR count). The highest BCUT2D eigenvalue weighted by Crippen LogP contribution is 2.24. The summed E-state index contributed by atoms with van der Waals surface area (Å²) in [6.07, 6.45) is 4.06. The SMILES string of the molecule is CCc1c[nH]c(=S)n1CC(C)(C)CCOC. The van der Waals surface area contributed by atoms with Crippen molar-refractivity contribution in [1.29, 1.82) is 0 Å². The summed E-state index contributed by atoms with van der Waals surface area (Å²) in [7, 11) is 1.75. The number of nitrogens with one attached hydrogen (secondary N) is 1. The van der Waals surface area contributed by atoms with E-state index in [1.165, 1.54) is 5.69 Å². The summed E-state index contributed by atoms with van der Waals surface area (Å²) >= 11 is 5.30. The molecule has 0 fully saturated rings. The van der Waals surface area contributed by atoms with Gasteiger partial charge < -0.3 is 14.3 Å². The third-order valence-corrected chi connectivity index (χ3v) is 3.22. The molecule has 0 aliphatic carbocycles. The fourth-order valence-corrected chi connectivity index (χ4v) is 2.02. The second kappa shape index (κ2) is 5.64. The fourth-order valence-electron chi connectivity index (χ4n) is 1.78. The van der Waals surface area contributed by atoms with E-state index >= 15 is 0 Å².